The second-order valence-electron chi connectivity index (χ2n) is 11.8. The number of benzene rings is 7. The fourth-order valence-corrected chi connectivity index (χ4v) is 8.71. The Morgan fingerprint density at radius 2 is 1.07 bits per heavy atom. The fourth-order valence-electron chi connectivity index (χ4n) is 7.54. The van der Waals surface area contributed by atoms with Crippen LogP contribution >= 0.6 is 11.8 Å². The lowest BCUT2D eigenvalue weighted by Gasteiger charge is -2.39. The van der Waals surface area contributed by atoms with Crippen LogP contribution < -0.4 is 4.90 Å². The number of hydrogen-bond acceptors (Lipinski definition) is 2. The van der Waals surface area contributed by atoms with E-state index in [0.717, 1.165) is 33.1 Å². The van der Waals surface area contributed by atoms with Crippen LogP contribution in [0.15, 0.2) is 180 Å². The lowest BCUT2D eigenvalue weighted by molar-refractivity contribution is 0.614. The molecule has 1 atom stereocenters. The van der Waals surface area contributed by atoms with Crippen LogP contribution in [-0.4, -0.2) is 0 Å². The van der Waals surface area contributed by atoms with Crippen molar-refractivity contribution in [2.24, 2.45) is 0 Å². The van der Waals surface area contributed by atoms with Gasteiger partial charge in [-0.1, -0.05) is 127 Å². The van der Waals surface area contributed by atoms with Gasteiger partial charge in [-0.2, -0.15) is 0 Å². The molecule has 0 N–H and O–H groups in total. The summed E-state index contributed by atoms with van der Waals surface area (Å²) in [6.07, 6.45) is 0. The maximum atomic E-state index is 15.2. The summed E-state index contributed by atoms with van der Waals surface area (Å²) in [5, 5.41) is 0. The topological polar surface area (TPSA) is 3.24 Å². The van der Waals surface area contributed by atoms with E-state index in [-0.39, 0.29) is 5.82 Å². The van der Waals surface area contributed by atoms with Crippen LogP contribution in [0.5, 0.6) is 0 Å². The van der Waals surface area contributed by atoms with E-state index in [2.05, 4.69) is 157 Å². The van der Waals surface area contributed by atoms with Gasteiger partial charge in [-0.25, -0.2) is 4.39 Å². The normalized spacial score (nSPS) is 15.5. The van der Waals surface area contributed by atoms with Gasteiger partial charge in [-0.05, 0) is 93.5 Å². The highest BCUT2D eigenvalue weighted by Crippen LogP contribution is 2.62. The standard InChI is InChI=1S/C43H28FNS/c44-30-23-26-42-39(27-30)43(38-20-10-12-22-41(38)46-42)36-19-9-7-18-34(36)35-28-32(24-25-37(35)43)45(31-15-5-2-6-16-31)40-21-11-8-17-33(40)29-13-3-1-4-14-29/h1-28H. The van der Waals surface area contributed by atoms with Crippen LogP contribution in [0.1, 0.15) is 22.3 Å². The molecule has 1 aliphatic carbocycles. The minimum Gasteiger partial charge on any atom is -0.310 e. The highest BCUT2D eigenvalue weighted by atomic mass is 32.2. The largest absolute Gasteiger partial charge is 0.310 e. The Morgan fingerprint density at radius 1 is 0.435 bits per heavy atom. The van der Waals surface area contributed by atoms with E-state index in [4.69, 9.17) is 0 Å². The zero-order chi connectivity index (χ0) is 30.7. The molecular formula is C43H28FNS. The van der Waals surface area contributed by atoms with Gasteiger partial charge >= 0.3 is 0 Å². The Balaban J connectivity index is 1.33. The van der Waals surface area contributed by atoms with Crippen molar-refractivity contribution in [3.8, 4) is 22.3 Å². The molecule has 46 heavy (non-hydrogen) atoms. The predicted octanol–water partition coefficient (Wildman–Crippen LogP) is 11.8. The molecule has 0 aromatic heterocycles. The molecule has 0 saturated heterocycles. The van der Waals surface area contributed by atoms with Gasteiger partial charge < -0.3 is 4.90 Å². The number of hydrogen-bond donors (Lipinski definition) is 0. The van der Waals surface area contributed by atoms with Crippen LogP contribution in [-0.2, 0) is 5.41 Å². The highest BCUT2D eigenvalue weighted by molar-refractivity contribution is 7.99. The van der Waals surface area contributed by atoms with Gasteiger partial charge in [-0.15, -0.1) is 0 Å². The Morgan fingerprint density at radius 3 is 1.89 bits per heavy atom. The molecule has 0 bridgehead atoms. The quantitative estimate of drug-likeness (QED) is 0.195. The molecule has 218 valence electrons. The fraction of sp³-hybridized carbons (Fsp3) is 0.0233. The van der Waals surface area contributed by atoms with E-state index in [1.165, 1.54) is 38.3 Å². The summed E-state index contributed by atoms with van der Waals surface area (Å²) < 4.78 is 15.2. The molecule has 0 amide bonds. The third-order valence-corrected chi connectivity index (χ3v) is 10.5. The first-order valence-corrected chi connectivity index (χ1v) is 16.4. The minimum atomic E-state index is -0.622. The third kappa shape index (κ3) is 3.95. The van der Waals surface area contributed by atoms with Crippen molar-refractivity contribution in [1.29, 1.82) is 0 Å². The van der Waals surface area contributed by atoms with Gasteiger partial charge in [0.15, 0.2) is 0 Å². The number of anilines is 3. The third-order valence-electron chi connectivity index (χ3n) is 9.39. The van der Waals surface area contributed by atoms with E-state index in [1.807, 2.05) is 6.07 Å². The molecule has 3 heteroatoms. The van der Waals surface area contributed by atoms with Gasteiger partial charge in [0.25, 0.3) is 0 Å². The van der Waals surface area contributed by atoms with Crippen molar-refractivity contribution in [1.82, 2.24) is 0 Å². The summed E-state index contributed by atoms with van der Waals surface area (Å²) in [6, 6.07) is 59.2. The second-order valence-corrected chi connectivity index (χ2v) is 12.9. The van der Waals surface area contributed by atoms with Gasteiger partial charge in [-0.3, -0.25) is 0 Å². The van der Waals surface area contributed by atoms with Crippen LogP contribution in [0.4, 0.5) is 21.5 Å². The van der Waals surface area contributed by atoms with E-state index in [0.29, 0.717) is 0 Å². The Hall–Kier alpha value is -5.38. The van der Waals surface area contributed by atoms with E-state index < -0.39 is 5.41 Å². The summed E-state index contributed by atoms with van der Waals surface area (Å²) in [5.41, 5.74) is 11.9. The lowest BCUT2D eigenvalue weighted by atomic mass is 9.67. The molecule has 1 unspecified atom stereocenters. The minimum absolute atomic E-state index is 0.214. The zero-order valence-electron chi connectivity index (χ0n) is 24.9. The van der Waals surface area contributed by atoms with E-state index in [9.17, 15) is 0 Å². The first-order chi connectivity index (χ1) is 22.7. The van der Waals surface area contributed by atoms with Gasteiger partial charge in [0, 0.05) is 26.7 Å². The molecule has 7 aromatic carbocycles. The zero-order valence-corrected chi connectivity index (χ0v) is 25.7. The average Bonchev–Trinajstić information content (AvgIpc) is 3.40. The summed E-state index contributed by atoms with van der Waals surface area (Å²) in [7, 11) is 0. The molecule has 0 fully saturated rings. The SMILES string of the molecule is Fc1ccc2c(c1)C1(c3ccccc3S2)c2ccccc2-c2cc(N(c3ccccc3)c3ccccc3-c3ccccc3)ccc21. The highest BCUT2D eigenvalue weighted by Gasteiger charge is 2.50. The van der Waals surface area contributed by atoms with Crippen LogP contribution in [0.25, 0.3) is 22.3 Å². The van der Waals surface area contributed by atoms with Crippen molar-refractivity contribution in [2.45, 2.75) is 15.2 Å². The van der Waals surface area contributed by atoms with Crippen molar-refractivity contribution in [3.63, 3.8) is 0 Å². The maximum absolute atomic E-state index is 15.2. The van der Waals surface area contributed by atoms with Crippen molar-refractivity contribution < 1.29 is 4.39 Å². The molecule has 2 aliphatic rings. The van der Waals surface area contributed by atoms with Gasteiger partial charge in [0.05, 0.1) is 11.1 Å². The number of rotatable bonds is 4. The monoisotopic (exact) mass is 609 g/mol. The second kappa shape index (κ2) is 10.6. The Bertz CT molecular complexity index is 2260. The average molecular weight is 610 g/mol. The molecule has 0 radical (unpaired) electrons. The first kappa shape index (κ1) is 27.0. The lowest BCUT2D eigenvalue weighted by Crippen LogP contribution is -2.32. The molecule has 0 saturated carbocycles. The Labute approximate surface area is 272 Å². The first-order valence-electron chi connectivity index (χ1n) is 15.5. The molecule has 1 nitrogen and oxygen atoms in total. The van der Waals surface area contributed by atoms with E-state index in [1.54, 1.807) is 23.9 Å². The van der Waals surface area contributed by atoms with Gasteiger partial charge in [0.2, 0.25) is 0 Å². The van der Waals surface area contributed by atoms with Crippen LogP contribution in [0.3, 0.4) is 0 Å². The molecule has 7 aromatic rings. The van der Waals surface area contributed by atoms with E-state index >= 15 is 4.39 Å². The van der Waals surface area contributed by atoms with Crippen LogP contribution in [0, 0.1) is 5.82 Å². The number of para-hydroxylation sites is 2. The van der Waals surface area contributed by atoms with Crippen LogP contribution in [0.2, 0.25) is 0 Å². The Kier molecular flexibility index (Phi) is 6.22. The molecular weight excluding hydrogens is 582 g/mol. The maximum Gasteiger partial charge on any atom is 0.123 e. The number of halogens is 1. The molecule has 1 heterocycles. The predicted molar refractivity (Wildman–Crippen MR) is 188 cm³/mol. The van der Waals surface area contributed by atoms with Crippen molar-refractivity contribution >= 4 is 28.8 Å². The summed E-state index contributed by atoms with van der Waals surface area (Å²) in [6.45, 7) is 0. The molecule has 1 aliphatic heterocycles. The molecule has 9 rings (SSSR count). The summed E-state index contributed by atoms with van der Waals surface area (Å²) in [4.78, 5) is 4.65. The number of nitrogens with zero attached hydrogens (tertiary/aromatic N) is 1. The smallest absolute Gasteiger partial charge is 0.123 e. The van der Waals surface area contributed by atoms with Gasteiger partial charge in [0.1, 0.15) is 5.82 Å². The summed E-state index contributed by atoms with van der Waals surface area (Å²) >= 11 is 1.73. The van der Waals surface area contributed by atoms with Crippen molar-refractivity contribution in [3.05, 3.63) is 198 Å². The summed E-state index contributed by atoms with van der Waals surface area (Å²) in [5.74, 6) is -0.214. The molecule has 1 spiro atoms. The number of fused-ring (bicyclic) bond motifs is 9. The van der Waals surface area contributed by atoms with Crippen molar-refractivity contribution in [2.75, 3.05) is 4.90 Å².